The Morgan fingerprint density at radius 3 is 2.56 bits per heavy atom. The lowest BCUT2D eigenvalue weighted by Crippen LogP contribution is -2.55. The lowest BCUT2D eigenvalue weighted by atomic mass is 10.1. The molecular weight excluding hydrogens is 363 g/mol. The summed E-state index contributed by atoms with van der Waals surface area (Å²) < 4.78 is 39.0. The molecule has 1 aliphatic carbocycles. The van der Waals surface area contributed by atoms with Gasteiger partial charge in [0.25, 0.3) is 5.91 Å². The summed E-state index contributed by atoms with van der Waals surface area (Å²) in [5.41, 5.74) is -1.00. The predicted octanol–water partition coefficient (Wildman–Crippen LogP) is 2.24. The van der Waals surface area contributed by atoms with E-state index in [4.69, 9.17) is 0 Å². The number of carbonyl (C=O) groups excluding carboxylic acids is 3. The summed E-state index contributed by atoms with van der Waals surface area (Å²) in [7, 11) is 0. The first-order valence-corrected chi connectivity index (χ1v) is 8.91. The summed E-state index contributed by atoms with van der Waals surface area (Å²) in [4.78, 5) is 42.2. The Morgan fingerprint density at radius 1 is 1.15 bits per heavy atom. The lowest BCUT2D eigenvalue weighted by Gasteiger charge is -2.35. The minimum Gasteiger partial charge on any atom is -0.335 e. The highest BCUT2D eigenvalue weighted by atomic mass is 19.4. The molecule has 3 saturated heterocycles. The van der Waals surface area contributed by atoms with Gasteiger partial charge in [0.2, 0.25) is 5.91 Å². The van der Waals surface area contributed by atoms with Crippen molar-refractivity contribution in [3.63, 3.8) is 0 Å². The van der Waals surface area contributed by atoms with Crippen LogP contribution in [0.15, 0.2) is 24.3 Å². The second-order valence-electron chi connectivity index (χ2n) is 7.58. The number of imide groups is 1. The van der Waals surface area contributed by atoms with Crippen molar-refractivity contribution in [1.82, 2.24) is 9.80 Å². The van der Waals surface area contributed by atoms with Gasteiger partial charge in [0.15, 0.2) is 0 Å². The van der Waals surface area contributed by atoms with E-state index in [0.29, 0.717) is 13.0 Å². The van der Waals surface area contributed by atoms with Gasteiger partial charge in [-0.25, -0.2) is 9.69 Å². The van der Waals surface area contributed by atoms with Crippen molar-refractivity contribution in [2.75, 3.05) is 11.4 Å². The van der Waals surface area contributed by atoms with Crippen molar-refractivity contribution >= 4 is 23.5 Å². The van der Waals surface area contributed by atoms with E-state index in [1.165, 1.54) is 17.0 Å². The van der Waals surface area contributed by atoms with Crippen LogP contribution in [0.1, 0.15) is 24.8 Å². The van der Waals surface area contributed by atoms with Crippen LogP contribution >= 0.6 is 0 Å². The Morgan fingerprint density at radius 2 is 1.89 bits per heavy atom. The molecule has 9 heteroatoms. The van der Waals surface area contributed by atoms with Crippen molar-refractivity contribution < 1.29 is 27.6 Å². The van der Waals surface area contributed by atoms with E-state index in [1.807, 2.05) is 0 Å². The summed E-state index contributed by atoms with van der Waals surface area (Å²) in [6, 6.07) is 2.18. The number of halogens is 3. The maximum Gasteiger partial charge on any atom is 0.416 e. The normalized spacial score (nSPS) is 29.7. The second kappa shape index (κ2) is 5.24. The van der Waals surface area contributed by atoms with Crippen LogP contribution in [0.3, 0.4) is 0 Å². The number of carbonyl (C=O) groups is 3. The molecule has 0 aromatic heterocycles. The first-order chi connectivity index (χ1) is 12.8. The number of hydrogen-bond acceptors (Lipinski definition) is 3. The number of fused-ring (bicyclic) bond motifs is 5. The van der Waals surface area contributed by atoms with Crippen molar-refractivity contribution in [1.29, 1.82) is 0 Å². The molecule has 1 aromatic rings. The molecule has 5 rings (SSSR count). The van der Waals surface area contributed by atoms with Crippen molar-refractivity contribution in [2.45, 2.75) is 43.6 Å². The molecule has 0 spiro atoms. The van der Waals surface area contributed by atoms with E-state index >= 15 is 0 Å². The Balaban J connectivity index is 1.46. The summed E-state index contributed by atoms with van der Waals surface area (Å²) >= 11 is 0. The van der Waals surface area contributed by atoms with Gasteiger partial charge in [0.05, 0.1) is 23.3 Å². The van der Waals surface area contributed by atoms with Crippen LogP contribution in [0.2, 0.25) is 0 Å². The van der Waals surface area contributed by atoms with E-state index in [0.717, 1.165) is 29.9 Å². The van der Waals surface area contributed by atoms with E-state index in [2.05, 4.69) is 0 Å². The highest BCUT2D eigenvalue weighted by Gasteiger charge is 2.63. The summed E-state index contributed by atoms with van der Waals surface area (Å²) in [5, 5.41) is 0. The third-order valence-electron chi connectivity index (χ3n) is 5.91. The van der Waals surface area contributed by atoms with Gasteiger partial charge in [-0.05, 0) is 37.5 Å². The number of benzene rings is 1. The summed E-state index contributed by atoms with van der Waals surface area (Å²) in [6.45, 7) is 0.395. The molecule has 0 radical (unpaired) electrons. The third kappa shape index (κ3) is 2.30. The first kappa shape index (κ1) is 16.6. The molecule has 0 N–H and O–H groups in total. The fourth-order valence-electron chi connectivity index (χ4n) is 4.53. The van der Waals surface area contributed by atoms with Gasteiger partial charge >= 0.3 is 12.2 Å². The van der Waals surface area contributed by atoms with Gasteiger partial charge in [-0.15, -0.1) is 0 Å². The smallest absolute Gasteiger partial charge is 0.335 e. The first-order valence-electron chi connectivity index (χ1n) is 8.91. The Labute approximate surface area is 152 Å². The fraction of sp³-hybridized carbons (Fsp3) is 0.500. The molecule has 27 heavy (non-hydrogen) atoms. The fourth-order valence-corrected chi connectivity index (χ4v) is 4.53. The number of nitrogens with zero attached hydrogens (tertiary/aromatic N) is 3. The van der Waals surface area contributed by atoms with E-state index < -0.39 is 29.7 Å². The minimum absolute atomic E-state index is 0.0181. The van der Waals surface area contributed by atoms with Gasteiger partial charge in [0.1, 0.15) is 6.04 Å². The lowest BCUT2D eigenvalue weighted by molar-refractivity contribution is -0.138. The molecule has 3 heterocycles. The van der Waals surface area contributed by atoms with Gasteiger partial charge < -0.3 is 9.80 Å². The van der Waals surface area contributed by atoms with Gasteiger partial charge in [0, 0.05) is 12.5 Å². The number of rotatable bonds is 2. The molecule has 3 atom stereocenters. The van der Waals surface area contributed by atoms with Crippen LogP contribution in [0.5, 0.6) is 0 Å². The zero-order valence-corrected chi connectivity index (χ0v) is 14.1. The average Bonchev–Trinajstić information content (AvgIpc) is 3.21. The van der Waals surface area contributed by atoms with Crippen LogP contribution in [-0.4, -0.2) is 52.3 Å². The number of hydrogen-bond donors (Lipinski definition) is 0. The van der Waals surface area contributed by atoms with Gasteiger partial charge in [-0.2, -0.15) is 13.2 Å². The number of alkyl halides is 3. The number of piperazine rings is 1. The Kier molecular flexibility index (Phi) is 3.22. The molecule has 1 unspecified atom stereocenters. The van der Waals surface area contributed by atoms with Gasteiger partial charge in [-0.1, -0.05) is 6.07 Å². The minimum atomic E-state index is -4.56. The largest absolute Gasteiger partial charge is 0.416 e. The summed E-state index contributed by atoms with van der Waals surface area (Å²) in [6.07, 6.45) is -2.31. The van der Waals surface area contributed by atoms with E-state index in [1.54, 1.807) is 4.90 Å². The molecule has 1 saturated carbocycles. The SMILES string of the molecule is O=C1[C@H]2[C@H]3CC(CN3C(=O)C3CC3)N2C(=O)N1c1cccc(C(F)(F)F)c1. The number of likely N-dealkylation sites (tertiary alicyclic amines) is 1. The van der Waals surface area contributed by atoms with E-state index in [-0.39, 0.29) is 29.6 Å². The zero-order valence-electron chi connectivity index (χ0n) is 14.1. The standard InChI is InChI=1S/C18H16F3N3O3/c19-18(20,21)10-2-1-3-11(6-10)24-16(26)14-13-7-12(23(14)17(24)27)8-22(13)15(25)9-4-5-9/h1-3,6,9,12-14H,4-5,7-8H2/t12?,13-,14-/m1/s1. The predicted molar refractivity (Wildman–Crippen MR) is 86.6 cm³/mol. The van der Waals surface area contributed by atoms with Crippen LogP contribution < -0.4 is 4.90 Å². The molecule has 142 valence electrons. The van der Waals surface area contributed by atoms with Crippen molar-refractivity contribution in [3.8, 4) is 0 Å². The second-order valence-corrected chi connectivity index (χ2v) is 7.58. The molecule has 1 aromatic carbocycles. The molecule has 4 amide bonds. The summed E-state index contributed by atoms with van der Waals surface area (Å²) in [5.74, 6) is -0.510. The third-order valence-corrected chi connectivity index (χ3v) is 5.91. The molecule has 3 aliphatic heterocycles. The number of urea groups is 1. The van der Waals surface area contributed by atoms with Crippen LogP contribution in [0.4, 0.5) is 23.7 Å². The topological polar surface area (TPSA) is 60.9 Å². The number of anilines is 1. The van der Waals surface area contributed by atoms with E-state index in [9.17, 15) is 27.6 Å². The monoisotopic (exact) mass is 379 g/mol. The molecule has 6 nitrogen and oxygen atoms in total. The Bertz CT molecular complexity index is 867. The Hall–Kier alpha value is -2.58. The maximum atomic E-state index is 13.0. The van der Waals surface area contributed by atoms with Crippen molar-refractivity contribution in [3.05, 3.63) is 29.8 Å². The van der Waals surface area contributed by atoms with Crippen molar-refractivity contribution in [2.24, 2.45) is 5.92 Å². The zero-order chi connectivity index (χ0) is 19.1. The molecule has 4 fully saturated rings. The average molecular weight is 379 g/mol. The highest BCUT2D eigenvalue weighted by molar-refractivity contribution is 6.22. The maximum absolute atomic E-state index is 13.0. The number of amides is 4. The van der Waals surface area contributed by atoms with Gasteiger partial charge in [-0.3, -0.25) is 9.59 Å². The quantitative estimate of drug-likeness (QED) is 0.741. The van der Waals surface area contributed by atoms with Crippen LogP contribution in [0.25, 0.3) is 0 Å². The highest BCUT2D eigenvalue weighted by Crippen LogP contribution is 2.45. The van der Waals surface area contributed by atoms with Crippen LogP contribution in [0, 0.1) is 5.92 Å². The molecule has 4 aliphatic rings. The molecular formula is C18H16F3N3O3. The molecule has 2 bridgehead atoms. The van der Waals surface area contributed by atoms with Crippen LogP contribution in [-0.2, 0) is 15.8 Å².